The number of hydrogen-bond acceptors (Lipinski definition) is 5. The fraction of sp³-hybridized carbons (Fsp3) is 0.238. The predicted molar refractivity (Wildman–Crippen MR) is 100 cm³/mol. The van der Waals surface area contributed by atoms with Crippen molar-refractivity contribution in [2.45, 2.75) is 19.5 Å². The lowest BCUT2D eigenvalue weighted by Gasteiger charge is -2.22. The van der Waals surface area contributed by atoms with Gasteiger partial charge in [-0.3, -0.25) is 19.3 Å². The number of benzene rings is 2. The minimum Gasteiger partial charge on any atom is -0.454 e. The molecular formula is C21H20N2O5. The van der Waals surface area contributed by atoms with Crippen LogP contribution in [0.2, 0.25) is 0 Å². The highest BCUT2D eigenvalue weighted by Gasteiger charge is 2.41. The number of carbonyl (C=O) groups excluding carboxylic acids is 4. The lowest BCUT2D eigenvalue weighted by Crippen LogP contribution is -2.44. The lowest BCUT2D eigenvalue weighted by atomic mass is 10.1. The third-order valence-corrected chi connectivity index (χ3v) is 4.58. The normalized spacial score (nSPS) is 13.9. The van der Waals surface area contributed by atoms with Crippen LogP contribution in [-0.2, 0) is 20.9 Å². The average molecular weight is 380 g/mol. The maximum Gasteiger partial charge on any atom is 0.329 e. The summed E-state index contributed by atoms with van der Waals surface area (Å²) in [4.78, 5) is 51.7. The first-order valence-corrected chi connectivity index (χ1v) is 8.81. The number of carbonyl (C=O) groups is 4. The van der Waals surface area contributed by atoms with Gasteiger partial charge in [-0.25, -0.2) is 4.79 Å². The first kappa shape index (κ1) is 19.3. The van der Waals surface area contributed by atoms with Crippen LogP contribution in [0.25, 0.3) is 0 Å². The van der Waals surface area contributed by atoms with Crippen LogP contribution in [0.5, 0.6) is 0 Å². The van der Waals surface area contributed by atoms with Crippen molar-refractivity contribution in [1.29, 1.82) is 0 Å². The quantitative estimate of drug-likeness (QED) is 0.564. The Labute approximate surface area is 162 Å². The van der Waals surface area contributed by atoms with Crippen LogP contribution in [0, 0.1) is 0 Å². The summed E-state index contributed by atoms with van der Waals surface area (Å²) in [7, 11) is 1.61. The van der Waals surface area contributed by atoms with Crippen LogP contribution in [0.4, 0.5) is 0 Å². The van der Waals surface area contributed by atoms with Crippen molar-refractivity contribution in [3.63, 3.8) is 0 Å². The van der Waals surface area contributed by atoms with Gasteiger partial charge in [0.15, 0.2) is 6.61 Å². The Balaban J connectivity index is 1.57. The molecule has 0 bridgehead atoms. The van der Waals surface area contributed by atoms with E-state index in [0.29, 0.717) is 6.54 Å². The summed E-state index contributed by atoms with van der Waals surface area (Å²) < 4.78 is 5.06. The summed E-state index contributed by atoms with van der Waals surface area (Å²) in [5, 5.41) is 0. The standard InChI is InChI=1S/C21H20N2O5/c1-14(23-19(25)16-10-6-7-11-17(16)20(23)26)21(27)28-13-18(24)22(2)12-15-8-4-3-5-9-15/h3-11,14H,12-13H2,1-2H3/t14-/m1/s1. The van der Waals surface area contributed by atoms with Crippen molar-refractivity contribution in [2.24, 2.45) is 0 Å². The van der Waals surface area contributed by atoms with Gasteiger partial charge in [0.25, 0.3) is 17.7 Å². The van der Waals surface area contributed by atoms with Crippen molar-refractivity contribution < 1.29 is 23.9 Å². The molecule has 0 aliphatic carbocycles. The fourth-order valence-corrected chi connectivity index (χ4v) is 2.97. The molecule has 1 aliphatic rings. The number of ether oxygens (including phenoxy) is 1. The van der Waals surface area contributed by atoms with Gasteiger partial charge in [0.2, 0.25) is 0 Å². The molecule has 0 N–H and O–H groups in total. The van der Waals surface area contributed by atoms with Crippen molar-refractivity contribution in [1.82, 2.24) is 9.80 Å². The van der Waals surface area contributed by atoms with Gasteiger partial charge in [0, 0.05) is 13.6 Å². The summed E-state index contributed by atoms with van der Waals surface area (Å²) in [5.41, 5.74) is 1.46. The Morgan fingerprint density at radius 3 is 2.07 bits per heavy atom. The molecule has 0 unspecified atom stereocenters. The van der Waals surface area contributed by atoms with E-state index in [-0.39, 0.29) is 17.0 Å². The van der Waals surface area contributed by atoms with Gasteiger partial charge >= 0.3 is 5.97 Å². The van der Waals surface area contributed by atoms with E-state index in [9.17, 15) is 19.2 Å². The zero-order valence-corrected chi connectivity index (χ0v) is 15.6. The first-order valence-electron chi connectivity index (χ1n) is 8.81. The number of likely N-dealkylation sites (N-methyl/N-ethyl adjacent to an activating group) is 1. The van der Waals surface area contributed by atoms with Crippen molar-refractivity contribution in [3.05, 3.63) is 71.3 Å². The third-order valence-electron chi connectivity index (χ3n) is 4.58. The molecule has 28 heavy (non-hydrogen) atoms. The average Bonchev–Trinajstić information content (AvgIpc) is 2.96. The molecule has 0 spiro atoms. The second kappa shape index (κ2) is 8.04. The Kier molecular flexibility index (Phi) is 5.54. The molecule has 0 saturated heterocycles. The van der Waals surface area contributed by atoms with E-state index in [0.717, 1.165) is 10.5 Å². The topological polar surface area (TPSA) is 84.0 Å². The number of fused-ring (bicyclic) bond motifs is 1. The van der Waals surface area contributed by atoms with E-state index >= 15 is 0 Å². The van der Waals surface area contributed by atoms with E-state index in [1.165, 1.54) is 24.0 Å². The second-order valence-electron chi connectivity index (χ2n) is 6.54. The summed E-state index contributed by atoms with van der Waals surface area (Å²) in [6, 6.07) is 14.7. The molecule has 7 heteroatoms. The molecule has 2 aromatic carbocycles. The number of esters is 1. The number of amides is 3. The molecule has 1 aliphatic heterocycles. The fourth-order valence-electron chi connectivity index (χ4n) is 2.97. The van der Waals surface area contributed by atoms with Crippen LogP contribution < -0.4 is 0 Å². The molecule has 1 atom stereocenters. The molecule has 2 aromatic rings. The number of rotatable bonds is 6. The molecule has 0 fully saturated rings. The Bertz CT molecular complexity index is 890. The van der Waals surface area contributed by atoms with Crippen LogP contribution in [0.15, 0.2) is 54.6 Å². The van der Waals surface area contributed by atoms with Crippen molar-refractivity contribution >= 4 is 23.7 Å². The van der Waals surface area contributed by atoms with E-state index in [2.05, 4.69) is 0 Å². The van der Waals surface area contributed by atoms with Crippen LogP contribution >= 0.6 is 0 Å². The van der Waals surface area contributed by atoms with E-state index in [1.54, 1.807) is 19.2 Å². The van der Waals surface area contributed by atoms with Gasteiger partial charge in [-0.05, 0) is 24.6 Å². The van der Waals surface area contributed by atoms with Gasteiger partial charge in [-0.15, -0.1) is 0 Å². The zero-order valence-electron chi connectivity index (χ0n) is 15.6. The Hall–Kier alpha value is -3.48. The van der Waals surface area contributed by atoms with Crippen LogP contribution in [0.1, 0.15) is 33.2 Å². The molecule has 3 rings (SSSR count). The van der Waals surface area contributed by atoms with Crippen LogP contribution in [-0.4, -0.2) is 53.2 Å². The molecule has 0 saturated carbocycles. The molecule has 1 heterocycles. The first-order chi connectivity index (χ1) is 13.4. The highest BCUT2D eigenvalue weighted by atomic mass is 16.5. The Morgan fingerprint density at radius 1 is 0.964 bits per heavy atom. The van der Waals surface area contributed by atoms with Gasteiger partial charge in [-0.1, -0.05) is 42.5 Å². The lowest BCUT2D eigenvalue weighted by molar-refractivity contribution is -0.154. The monoisotopic (exact) mass is 380 g/mol. The summed E-state index contributed by atoms with van der Waals surface area (Å²) in [6.07, 6.45) is 0. The molecule has 0 aromatic heterocycles. The highest BCUT2D eigenvalue weighted by molar-refractivity contribution is 6.22. The number of imide groups is 1. The molecule has 7 nitrogen and oxygen atoms in total. The van der Waals surface area contributed by atoms with E-state index < -0.39 is 30.4 Å². The SMILES string of the molecule is C[C@H](C(=O)OCC(=O)N(C)Cc1ccccc1)N1C(=O)c2ccccc2C1=O. The van der Waals surface area contributed by atoms with Crippen molar-refractivity contribution in [3.8, 4) is 0 Å². The maximum atomic E-state index is 12.4. The van der Waals surface area contributed by atoms with Gasteiger partial charge in [-0.2, -0.15) is 0 Å². The van der Waals surface area contributed by atoms with Crippen molar-refractivity contribution in [2.75, 3.05) is 13.7 Å². The molecule has 0 radical (unpaired) electrons. The van der Waals surface area contributed by atoms with Crippen LogP contribution in [0.3, 0.4) is 0 Å². The minimum absolute atomic E-state index is 0.255. The van der Waals surface area contributed by atoms with Gasteiger partial charge < -0.3 is 9.64 Å². The van der Waals surface area contributed by atoms with E-state index in [4.69, 9.17) is 4.74 Å². The Morgan fingerprint density at radius 2 is 1.50 bits per heavy atom. The highest BCUT2D eigenvalue weighted by Crippen LogP contribution is 2.24. The number of nitrogens with zero attached hydrogens (tertiary/aromatic N) is 2. The smallest absolute Gasteiger partial charge is 0.329 e. The molecule has 144 valence electrons. The van der Waals surface area contributed by atoms with E-state index in [1.807, 2.05) is 30.3 Å². The summed E-state index contributed by atoms with van der Waals surface area (Å²) in [6.45, 7) is 1.32. The van der Waals surface area contributed by atoms with Gasteiger partial charge in [0.05, 0.1) is 11.1 Å². The van der Waals surface area contributed by atoms with Gasteiger partial charge in [0.1, 0.15) is 6.04 Å². The zero-order chi connectivity index (χ0) is 20.3. The summed E-state index contributed by atoms with van der Waals surface area (Å²) >= 11 is 0. The summed E-state index contributed by atoms with van der Waals surface area (Å²) in [5.74, 6) is -2.28. The maximum absolute atomic E-state index is 12.4. The predicted octanol–water partition coefficient (Wildman–Crippen LogP) is 1.87. The second-order valence-corrected chi connectivity index (χ2v) is 6.54. The number of hydrogen-bond donors (Lipinski definition) is 0. The molecular weight excluding hydrogens is 360 g/mol. The minimum atomic E-state index is -1.13. The molecule has 3 amide bonds. The third kappa shape index (κ3) is 3.78. The largest absolute Gasteiger partial charge is 0.454 e.